The molecule has 1 amide bonds. The fourth-order valence-electron chi connectivity index (χ4n) is 4.37. The Kier molecular flexibility index (Phi) is 5.51. The van der Waals surface area contributed by atoms with Crippen LogP contribution in [0, 0.1) is 11.3 Å². The topological polar surface area (TPSA) is 94.8 Å². The number of fused-ring (bicyclic) bond motifs is 1. The molecule has 4 aromatic rings. The molecule has 33 heavy (non-hydrogen) atoms. The summed E-state index contributed by atoms with van der Waals surface area (Å²) in [6.07, 6.45) is 6.08. The van der Waals surface area contributed by atoms with Crippen molar-refractivity contribution in [2.45, 2.75) is 12.3 Å². The van der Waals surface area contributed by atoms with Crippen LogP contribution in [0.5, 0.6) is 0 Å². The van der Waals surface area contributed by atoms with E-state index in [9.17, 15) is 4.79 Å². The number of amides is 1. The van der Waals surface area contributed by atoms with Crippen molar-refractivity contribution in [3.63, 3.8) is 0 Å². The average Bonchev–Trinajstić information content (AvgIpc) is 3.29. The van der Waals surface area contributed by atoms with Crippen molar-refractivity contribution in [3.8, 4) is 17.2 Å². The van der Waals surface area contributed by atoms with Gasteiger partial charge in [0.1, 0.15) is 12.1 Å². The SMILES string of the molecule is CN1CCC(c2cc(-c3ccc(C(=O)Nc4cc(C#N)ccn4)cc3)cc3cncnc23)C1. The summed E-state index contributed by atoms with van der Waals surface area (Å²) in [6.45, 7) is 2.10. The molecule has 7 heteroatoms. The number of hydrogen-bond acceptors (Lipinski definition) is 6. The summed E-state index contributed by atoms with van der Waals surface area (Å²) < 4.78 is 0. The molecular weight excluding hydrogens is 412 g/mol. The first kappa shape index (κ1) is 20.7. The molecule has 1 unspecified atom stereocenters. The molecule has 1 atom stereocenters. The number of hydrogen-bond donors (Lipinski definition) is 1. The summed E-state index contributed by atoms with van der Waals surface area (Å²) in [5.74, 6) is 0.517. The molecule has 3 heterocycles. The zero-order valence-electron chi connectivity index (χ0n) is 18.2. The standard InChI is InChI=1S/C26H22N6O/c1-32-9-7-20(15-32)23-12-21(11-22-14-28-16-30-25(22)23)18-2-4-19(5-3-18)26(33)31-24-10-17(13-27)6-8-29-24/h2-6,8,10-12,14,16,20H,7,9,15H2,1H3,(H,29,31,33). The lowest BCUT2D eigenvalue weighted by Gasteiger charge is -2.15. The number of likely N-dealkylation sites (tertiary alicyclic amines) is 1. The maximum Gasteiger partial charge on any atom is 0.256 e. The van der Waals surface area contributed by atoms with Gasteiger partial charge in [-0.05, 0) is 79.0 Å². The van der Waals surface area contributed by atoms with Crippen molar-refractivity contribution in [1.82, 2.24) is 19.9 Å². The molecule has 1 fully saturated rings. The molecule has 0 bridgehead atoms. The summed E-state index contributed by atoms with van der Waals surface area (Å²) in [7, 11) is 2.15. The van der Waals surface area contributed by atoms with Crippen LogP contribution >= 0.6 is 0 Å². The Bertz CT molecular complexity index is 1380. The molecular formula is C26H22N6O. The van der Waals surface area contributed by atoms with Gasteiger partial charge in [-0.1, -0.05) is 12.1 Å². The highest BCUT2D eigenvalue weighted by atomic mass is 16.1. The second-order valence-electron chi connectivity index (χ2n) is 8.35. The summed E-state index contributed by atoms with van der Waals surface area (Å²) in [5, 5.41) is 12.8. The van der Waals surface area contributed by atoms with Crippen LogP contribution in [0.15, 0.2) is 67.3 Å². The number of nitriles is 1. The Morgan fingerprint density at radius 3 is 2.73 bits per heavy atom. The fourth-order valence-corrected chi connectivity index (χ4v) is 4.37. The van der Waals surface area contributed by atoms with Gasteiger partial charge in [-0.3, -0.25) is 4.79 Å². The van der Waals surface area contributed by atoms with Crippen molar-refractivity contribution in [2.75, 3.05) is 25.5 Å². The van der Waals surface area contributed by atoms with Crippen LogP contribution in [0.25, 0.3) is 22.0 Å². The van der Waals surface area contributed by atoms with E-state index < -0.39 is 0 Å². The summed E-state index contributed by atoms with van der Waals surface area (Å²) >= 11 is 0. The van der Waals surface area contributed by atoms with E-state index in [1.807, 2.05) is 24.4 Å². The molecule has 0 aliphatic carbocycles. The van der Waals surface area contributed by atoms with Gasteiger partial charge in [-0.2, -0.15) is 5.26 Å². The van der Waals surface area contributed by atoms with E-state index >= 15 is 0 Å². The molecule has 0 spiro atoms. The number of carbonyl (C=O) groups excluding carboxylic acids is 1. The van der Waals surface area contributed by atoms with Gasteiger partial charge in [0.2, 0.25) is 0 Å². The minimum absolute atomic E-state index is 0.272. The molecule has 7 nitrogen and oxygen atoms in total. The Balaban J connectivity index is 1.43. The van der Waals surface area contributed by atoms with Gasteiger partial charge >= 0.3 is 0 Å². The first-order valence-electron chi connectivity index (χ1n) is 10.8. The lowest BCUT2D eigenvalue weighted by molar-refractivity contribution is 0.102. The molecule has 5 rings (SSSR count). The Morgan fingerprint density at radius 1 is 1.12 bits per heavy atom. The van der Waals surface area contributed by atoms with Crippen LogP contribution in [-0.2, 0) is 0 Å². The smallest absolute Gasteiger partial charge is 0.256 e. The second kappa shape index (κ2) is 8.77. The highest BCUT2D eigenvalue weighted by molar-refractivity contribution is 6.04. The van der Waals surface area contributed by atoms with E-state index in [2.05, 4.69) is 44.3 Å². The largest absolute Gasteiger partial charge is 0.307 e. The van der Waals surface area contributed by atoms with Crippen LogP contribution < -0.4 is 5.32 Å². The van der Waals surface area contributed by atoms with E-state index in [-0.39, 0.29) is 5.91 Å². The minimum Gasteiger partial charge on any atom is -0.307 e. The predicted octanol–water partition coefficient (Wildman–Crippen LogP) is 4.23. The third-order valence-corrected chi connectivity index (χ3v) is 6.08. The van der Waals surface area contributed by atoms with Crippen molar-refractivity contribution in [2.24, 2.45) is 0 Å². The maximum atomic E-state index is 12.6. The Morgan fingerprint density at radius 2 is 1.97 bits per heavy atom. The first-order chi connectivity index (χ1) is 16.1. The molecule has 1 aliphatic heterocycles. The van der Waals surface area contributed by atoms with Crippen molar-refractivity contribution < 1.29 is 4.79 Å². The maximum absolute atomic E-state index is 12.6. The summed E-state index contributed by atoms with van der Waals surface area (Å²) in [5.41, 5.74) is 5.33. The van der Waals surface area contributed by atoms with Gasteiger partial charge < -0.3 is 10.2 Å². The van der Waals surface area contributed by atoms with Crippen LogP contribution in [0.3, 0.4) is 0 Å². The van der Waals surface area contributed by atoms with Crippen LogP contribution in [0.4, 0.5) is 5.82 Å². The number of rotatable bonds is 4. The van der Waals surface area contributed by atoms with Crippen LogP contribution in [0.1, 0.15) is 33.8 Å². The summed E-state index contributed by atoms with van der Waals surface area (Å²) in [4.78, 5) is 27.9. The van der Waals surface area contributed by atoms with E-state index in [1.54, 1.807) is 30.6 Å². The van der Waals surface area contributed by atoms with Gasteiger partial charge in [-0.15, -0.1) is 0 Å². The second-order valence-corrected chi connectivity index (χ2v) is 8.35. The summed E-state index contributed by atoms with van der Waals surface area (Å²) in [6, 6.07) is 17.0. The molecule has 1 N–H and O–H groups in total. The molecule has 1 saturated heterocycles. The number of benzene rings is 2. The van der Waals surface area contributed by atoms with Gasteiger partial charge in [0, 0.05) is 29.9 Å². The van der Waals surface area contributed by atoms with Crippen molar-refractivity contribution in [3.05, 3.63) is 83.9 Å². The molecule has 2 aromatic carbocycles. The van der Waals surface area contributed by atoms with E-state index in [0.29, 0.717) is 22.9 Å². The zero-order chi connectivity index (χ0) is 22.8. The van der Waals surface area contributed by atoms with E-state index in [1.165, 1.54) is 11.8 Å². The van der Waals surface area contributed by atoms with E-state index in [0.717, 1.165) is 41.5 Å². The Hall–Kier alpha value is -4.15. The number of aromatic nitrogens is 3. The van der Waals surface area contributed by atoms with Gasteiger partial charge in [0.25, 0.3) is 5.91 Å². The van der Waals surface area contributed by atoms with E-state index in [4.69, 9.17) is 5.26 Å². The third kappa shape index (κ3) is 4.29. The predicted molar refractivity (Wildman–Crippen MR) is 127 cm³/mol. The molecule has 1 aliphatic rings. The van der Waals surface area contributed by atoms with Crippen LogP contribution in [0.2, 0.25) is 0 Å². The number of likely N-dealkylation sites (N-methyl/N-ethyl adjacent to an activating group) is 1. The zero-order valence-corrected chi connectivity index (χ0v) is 18.2. The highest BCUT2D eigenvalue weighted by Crippen LogP contribution is 2.34. The van der Waals surface area contributed by atoms with Gasteiger partial charge in [0.05, 0.1) is 17.1 Å². The van der Waals surface area contributed by atoms with Gasteiger partial charge in [-0.25, -0.2) is 15.0 Å². The van der Waals surface area contributed by atoms with Crippen molar-refractivity contribution >= 4 is 22.6 Å². The minimum atomic E-state index is -0.272. The van der Waals surface area contributed by atoms with Crippen LogP contribution in [-0.4, -0.2) is 45.9 Å². The quantitative estimate of drug-likeness (QED) is 0.516. The third-order valence-electron chi connectivity index (χ3n) is 6.08. The number of nitrogens with zero attached hydrogens (tertiary/aromatic N) is 5. The van der Waals surface area contributed by atoms with Crippen molar-refractivity contribution in [1.29, 1.82) is 5.26 Å². The number of carbonyl (C=O) groups is 1. The number of pyridine rings is 1. The Labute approximate surface area is 191 Å². The lowest BCUT2D eigenvalue weighted by Crippen LogP contribution is -2.13. The lowest BCUT2D eigenvalue weighted by atomic mass is 9.91. The normalized spacial score (nSPS) is 15.9. The highest BCUT2D eigenvalue weighted by Gasteiger charge is 2.24. The number of anilines is 1. The number of nitrogens with one attached hydrogen (secondary N) is 1. The molecule has 162 valence electrons. The molecule has 2 aromatic heterocycles. The van der Waals surface area contributed by atoms with Gasteiger partial charge in [0.15, 0.2) is 0 Å². The fraction of sp³-hybridized carbons (Fsp3) is 0.192. The first-order valence-corrected chi connectivity index (χ1v) is 10.8. The molecule has 0 radical (unpaired) electrons. The monoisotopic (exact) mass is 434 g/mol. The average molecular weight is 435 g/mol. The molecule has 0 saturated carbocycles.